The molecule has 0 amide bonds. The van der Waals surface area contributed by atoms with Crippen LogP contribution in [-0.4, -0.2) is 28.5 Å². The highest BCUT2D eigenvalue weighted by molar-refractivity contribution is 7.89. The van der Waals surface area contributed by atoms with Crippen LogP contribution in [-0.2, 0) is 27.5 Å². The molecule has 6 nitrogen and oxygen atoms in total. The second-order valence-corrected chi connectivity index (χ2v) is 7.20. The number of hydrogen-bond donors (Lipinski definition) is 1. The van der Waals surface area contributed by atoms with E-state index in [-0.39, 0.29) is 22.8 Å². The zero-order valence-corrected chi connectivity index (χ0v) is 15.1. The number of carbonyl (C=O) groups is 1. The molecule has 0 saturated carbocycles. The fourth-order valence-electron chi connectivity index (χ4n) is 2.15. The third kappa shape index (κ3) is 4.98. The fraction of sp³-hybridized carbons (Fsp3) is 0.235. The Morgan fingerprint density at radius 3 is 2.26 bits per heavy atom. The molecule has 0 spiro atoms. The van der Waals surface area contributed by atoms with Gasteiger partial charge in [-0.3, -0.25) is 0 Å². The number of halogens is 3. The molecule has 0 saturated heterocycles. The fourth-order valence-corrected chi connectivity index (χ4v) is 3.06. The van der Waals surface area contributed by atoms with E-state index in [0.717, 1.165) is 18.2 Å². The van der Waals surface area contributed by atoms with Crippen molar-refractivity contribution >= 4 is 16.0 Å². The molecule has 2 aromatic carbocycles. The quantitative estimate of drug-likeness (QED) is 0.750. The highest BCUT2D eigenvalue weighted by Gasteiger charge is 2.30. The molecule has 0 aromatic heterocycles. The van der Waals surface area contributed by atoms with Crippen molar-refractivity contribution < 1.29 is 35.9 Å². The van der Waals surface area contributed by atoms with Crippen molar-refractivity contribution in [2.45, 2.75) is 17.7 Å². The summed E-state index contributed by atoms with van der Waals surface area (Å²) in [5.74, 6) is -0.784. The van der Waals surface area contributed by atoms with E-state index in [4.69, 9.17) is 9.47 Å². The van der Waals surface area contributed by atoms with E-state index in [1.807, 2.05) is 0 Å². The number of ether oxygens (including phenoxy) is 2. The molecule has 1 N–H and O–H groups in total. The van der Waals surface area contributed by atoms with Crippen molar-refractivity contribution in [2.24, 2.45) is 0 Å². The van der Waals surface area contributed by atoms with Gasteiger partial charge in [0.2, 0.25) is 10.0 Å². The molecular formula is C17H16F3NO5S. The summed E-state index contributed by atoms with van der Waals surface area (Å²) in [6.07, 6.45) is -4.45. The van der Waals surface area contributed by atoms with Crippen LogP contribution in [0.1, 0.15) is 21.5 Å². The minimum atomic E-state index is -4.45. The molecule has 146 valence electrons. The van der Waals surface area contributed by atoms with E-state index in [2.05, 4.69) is 4.72 Å². The first kappa shape index (κ1) is 20.7. The Hall–Kier alpha value is -2.59. The minimum Gasteiger partial charge on any atom is -0.495 e. The summed E-state index contributed by atoms with van der Waals surface area (Å²) < 4.78 is 73.7. The number of sulfonamides is 1. The zero-order valence-electron chi connectivity index (χ0n) is 14.3. The van der Waals surface area contributed by atoms with E-state index >= 15 is 0 Å². The second kappa shape index (κ2) is 7.97. The van der Waals surface area contributed by atoms with E-state index in [0.29, 0.717) is 5.56 Å². The summed E-state index contributed by atoms with van der Waals surface area (Å²) in [4.78, 5) is 11.9. The van der Waals surface area contributed by atoms with Crippen LogP contribution in [0.5, 0.6) is 5.75 Å². The van der Waals surface area contributed by atoms with Gasteiger partial charge in [0.25, 0.3) is 0 Å². The van der Waals surface area contributed by atoms with Crippen LogP contribution in [0.15, 0.2) is 47.4 Å². The highest BCUT2D eigenvalue weighted by Crippen LogP contribution is 2.29. The average Bonchev–Trinajstić information content (AvgIpc) is 2.65. The number of benzene rings is 2. The van der Waals surface area contributed by atoms with Gasteiger partial charge in [-0.05, 0) is 42.9 Å². The maximum absolute atomic E-state index is 12.5. The predicted molar refractivity (Wildman–Crippen MR) is 89.8 cm³/mol. The number of alkyl halides is 3. The van der Waals surface area contributed by atoms with Crippen LogP contribution in [0.3, 0.4) is 0 Å². The van der Waals surface area contributed by atoms with Crippen LogP contribution in [0.4, 0.5) is 13.2 Å². The van der Waals surface area contributed by atoms with Crippen LogP contribution in [0.2, 0.25) is 0 Å². The summed E-state index contributed by atoms with van der Waals surface area (Å²) in [7, 11) is -1.38. The Balaban J connectivity index is 2.15. The first-order chi connectivity index (χ1) is 12.6. The smallest absolute Gasteiger partial charge is 0.416 e. The molecular weight excluding hydrogens is 387 g/mol. The lowest BCUT2D eigenvalue weighted by molar-refractivity contribution is -0.137. The average molecular weight is 403 g/mol. The molecule has 27 heavy (non-hydrogen) atoms. The Morgan fingerprint density at radius 1 is 1.11 bits per heavy atom. The van der Waals surface area contributed by atoms with E-state index in [1.165, 1.54) is 38.4 Å². The van der Waals surface area contributed by atoms with Crippen LogP contribution >= 0.6 is 0 Å². The van der Waals surface area contributed by atoms with Crippen molar-refractivity contribution in [2.75, 3.05) is 14.2 Å². The summed E-state index contributed by atoms with van der Waals surface area (Å²) in [6, 6.07) is 7.88. The first-order valence-corrected chi connectivity index (χ1v) is 9.01. The van der Waals surface area contributed by atoms with Crippen LogP contribution < -0.4 is 9.46 Å². The van der Waals surface area contributed by atoms with Crippen molar-refractivity contribution in [3.63, 3.8) is 0 Å². The van der Waals surface area contributed by atoms with Gasteiger partial charge in [-0.15, -0.1) is 0 Å². The van der Waals surface area contributed by atoms with E-state index < -0.39 is 27.7 Å². The number of esters is 1. The number of carbonyl (C=O) groups excluding carboxylic acids is 1. The van der Waals surface area contributed by atoms with Gasteiger partial charge in [0.05, 0.1) is 18.2 Å². The summed E-state index contributed by atoms with van der Waals surface area (Å²) in [5.41, 5.74) is -0.501. The molecule has 0 aliphatic rings. The lowest BCUT2D eigenvalue weighted by atomic mass is 10.1. The Labute approximate surface area is 154 Å². The summed E-state index contributed by atoms with van der Waals surface area (Å²) in [5, 5.41) is 0. The molecule has 0 unspecified atom stereocenters. The molecule has 0 fully saturated rings. The first-order valence-electron chi connectivity index (χ1n) is 7.53. The monoisotopic (exact) mass is 403 g/mol. The van der Waals surface area contributed by atoms with Gasteiger partial charge in [-0.1, -0.05) is 12.1 Å². The third-order valence-corrected chi connectivity index (χ3v) is 5.04. The van der Waals surface area contributed by atoms with Gasteiger partial charge in [0.15, 0.2) is 0 Å². The molecule has 2 aromatic rings. The Kier molecular flexibility index (Phi) is 6.11. The Morgan fingerprint density at radius 2 is 1.74 bits per heavy atom. The van der Waals surface area contributed by atoms with Crippen molar-refractivity contribution in [1.82, 2.24) is 4.72 Å². The van der Waals surface area contributed by atoms with Crippen LogP contribution in [0.25, 0.3) is 0 Å². The van der Waals surface area contributed by atoms with Crippen molar-refractivity contribution in [1.29, 1.82) is 0 Å². The number of hydrogen-bond acceptors (Lipinski definition) is 5. The predicted octanol–water partition coefficient (Wildman–Crippen LogP) is 2.98. The largest absolute Gasteiger partial charge is 0.495 e. The molecule has 0 aliphatic carbocycles. The standard InChI is InChI=1S/C17H16F3NO5S/c1-21-27(23,24)15-9-12(5-8-14(15)25-2)16(22)26-10-11-3-6-13(7-4-11)17(18,19)20/h3-9,21H,10H2,1-2H3. The maximum atomic E-state index is 12.5. The maximum Gasteiger partial charge on any atom is 0.416 e. The van der Waals surface area contributed by atoms with Gasteiger partial charge in [0, 0.05) is 0 Å². The van der Waals surface area contributed by atoms with Crippen molar-refractivity contribution in [3.8, 4) is 5.75 Å². The Bertz CT molecular complexity index is 925. The normalized spacial score (nSPS) is 11.9. The topological polar surface area (TPSA) is 81.7 Å². The SMILES string of the molecule is CNS(=O)(=O)c1cc(C(=O)OCc2ccc(C(F)(F)F)cc2)ccc1OC. The van der Waals surface area contributed by atoms with Gasteiger partial charge in [-0.2, -0.15) is 13.2 Å². The third-order valence-electron chi connectivity index (χ3n) is 3.61. The van der Waals surface area contributed by atoms with E-state index in [9.17, 15) is 26.4 Å². The van der Waals surface area contributed by atoms with Gasteiger partial charge < -0.3 is 9.47 Å². The minimum absolute atomic E-state index is 0.0449. The molecule has 0 atom stereocenters. The number of nitrogens with one attached hydrogen (secondary N) is 1. The van der Waals surface area contributed by atoms with Gasteiger partial charge in [-0.25, -0.2) is 17.9 Å². The molecule has 0 heterocycles. The summed E-state index contributed by atoms with van der Waals surface area (Å²) in [6.45, 7) is -0.267. The lowest BCUT2D eigenvalue weighted by Gasteiger charge is -2.11. The summed E-state index contributed by atoms with van der Waals surface area (Å²) >= 11 is 0. The second-order valence-electron chi connectivity index (χ2n) is 5.34. The zero-order chi connectivity index (χ0) is 20.2. The van der Waals surface area contributed by atoms with Gasteiger partial charge in [0.1, 0.15) is 17.3 Å². The van der Waals surface area contributed by atoms with Crippen molar-refractivity contribution in [3.05, 3.63) is 59.2 Å². The van der Waals surface area contributed by atoms with Crippen LogP contribution in [0, 0.1) is 0 Å². The lowest BCUT2D eigenvalue weighted by Crippen LogP contribution is -2.20. The molecule has 0 radical (unpaired) electrons. The molecule has 0 bridgehead atoms. The number of methoxy groups -OCH3 is 1. The molecule has 2 rings (SSSR count). The van der Waals surface area contributed by atoms with E-state index in [1.54, 1.807) is 0 Å². The van der Waals surface area contributed by atoms with Gasteiger partial charge >= 0.3 is 12.1 Å². The number of rotatable bonds is 6. The molecule has 10 heteroatoms. The molecule has 0 aliphatic heterocycles. The highest BCUT2D eigenvalue weighted by atomic mass is 32.2.